The van der Waals surface area contributed by atoms with Gasteiger partial charge in [0.1, 0.15) is 0 Å². The number of rotatable bonds is 4. The van der Waals surface area contributed by atoms with Gasteiger partial charge in [-0.2, -0.15) is 0 Å². The second-order valence-corrected chi connectivity index (χ2v) is 5.15. The van der Waals surface area contributed by atoms with Crippen LogP contribution in [0.5, 0.6) is 0 Å². The summed E-state index contributed by atoms with van der Waals surface area (Å²) in [5, 5.41) is 10.1. The molecule has 0 aliphatic heterocycles. The zero-order chi connectivity index (χ0) is 14.7. The lowest BCUT2D eigenvalue weighted by atomic mass is 9.94. The lowest BCUT2D eigenvalue weighted by Crippen LogP contribution is -2.16. The highest BCUT2D eigenvalue weighted by molar-refractivity contribution is 5.34. The number of halogens is 2. The molecular formula is C17H18F2O. The first-order valence-corrected chi connectivity index (χ1v) is 6.65. The molecule has 1 unspecified atom stereocenters. The molecule has 2 aromatic rings. The molecule has 0 fully saturated rings. The minimum absolute atomic E-state index is 0.108. The molecule has 1 atom stereocenters. The van der Waals surface area contributed by atoms with Gasteiger partial charge in [-0.05, 0) is 48.6 Å². The summed E-state index contributed by atoms with van der Waals surface area (Å²) in [7, 11) is 0. The van der Waals surface area contributed by atoms with E-state index in [0.717, 1.165) is 22.8 Å². The van der Waals surface area contributed by atoms with Gasteiger partial charge in [-0.25, -0.2) is 8.78 Å². The number of hydrogen-bond donors (Lipinski definition) is 1. The average Bonchev–Trinajstić information content (AvgIpc) is 2.39. The van der Waals surface area contributed by atoms with Crippen LogP contribution in [-0.4, -0.2) is 11.2 Å². The molecule has 1 N–H and O–H groups in total. The molecule has 0 aromatic heterocycles. The summed E-state index contributed by atoms with van der Waals surface area (Å²) < 4.78 is 26.7. The van der Waals surface area contributed by atoms with Crippen molar-refractivity contribution in [1.29, 1.82) is 0 Å². The largest absolute Gasteiger partial charge is 0.392 e. The number of benzene rings is 2. The number of hydrogen-bond acceptors (Lipinski definition) is 1. The van der Waals surface area contributed by atoms with Crippen LogP contribution in [0, 0.1) is 25.5 Å². The summed E-state index contributed by atoms with van der Waals surface area (Å²) >= 11 is 0. The molecule has 106 valence electrons. The maximum Gasteiger partial charge on any atom is 0.162 e. The van der Waals surface area contributed by atoms with Gasteiger partial charge in [-0.1, -0.05) is 30.3 Å². The normalized spacial score (nSPS) is 12.4. The van der Waals surface area contributed by atoms with Crippen LogP contribution in [0.1, 0.15) is 22.3 Å². The quantitative estimate of drug-likeness (QED) is 0.902. The maximum absolute atomic E-state index is 13.6. The highest BCUT2D eigenvalue weighted by Crippen LogP contribution is 2.19. The van der Waals surface area contributed by atoms with Gasteiger partial charge in [-0.15, -0.1) is 0 Å². The second kappa shape index (κ2) is 6.14. The van der Waals surface area contributed by atoms with Crippen LogP contribution in [0.3, 0.4) is 0 Å². The molecule has 0 aliphatic rings. The molecule has 0 amide bonds. The molecule has 0 aliphatic carbocycles. The molecular weight excluding hydrogens is 258 g/mol. The Kier molecular flexibility index (Phi) is 4.50. The van der Waals surface area contributed by atoms with Crippen LogP contribution in [-0.2, 0) is 12.8 Å². The van der Waals surface area contributed by atoms with Crippen LogP contribution in [0.25, 0.3) is 0 Å². The molecule has 0 spiro atoms. The van der Waals surface area contributed by atoms with Crippen molar-refractivity contribution in [1.82, 2.24) is 0 Å². The summed E-state index contributed by atoms with van der Waals surface area (Å²) in [6.07, 6.45) is -0.183. The molecule has 0 saturated carbocycles. The smallest absolute Gasteiger partial charge is 0.162 e. The van der Waals surface area contributed by atoms with Crippen molar-refractivity contribution < 1.29 is 13.9 Å². The monoisotopic (exact) mass is 276 g/mol. The Bertz CT molecular complexity index is 588. The van der Waals surface area contributed by atoms with E-state index in [0.29, 0.717) is 6.42 Å². The fraction of sp³-hybridized carbons (Fsp3) is 0.294. The average molecular weight is 276 g/mol. The zero-order valence-corrected chi connectivity index (χ0v) is 11.7. The first-order valence-electron chi connectivity index (χ1n) is 6.65. The summed E-state index contributed by atoms with van der Waals surface area (Å²) in [5.74, 6) is -1.74. The van der Waals surface area contributed by atoms with E-state index in [1.54, 1.807) is 0 Å². The van der Waals surface area contributed by atoms with Crippen molar-refractivity contribution in [3.8, 4) is 0 Å². The highest BCUT2D eigenvalue weighted by Gasteiger charge is 2.14. The third-order valence-corrected chi connectivity index (χ3v) is 3.57. The number of aliphatic hydroxyl groups is 1. The van der Waals surface area contributed by atoms with Gasteiger partial charge in [0.05, 0.1) is 6.10 Å². The molecule has 3 heteroatoms. The summed E-state index contributed by atoms with van der Waals surface area (Å²) in [6.45, 7) is 3.97. The fourth-order valence-electron chi connectivity index (χ4n) is 2.44. The summed E-state index contributed by atoms with van der Waals surface area (Å²) in [6, 6.07) is 9.98. The molecule has 2 aromatic carbocycles. The van der Waals surface area contributed by atoms with E-state index in [2.05, 4.69) is 0 Å². The predicted molar refractivity (Wildman–Crippen MR) is 75.7 cm³/mol. The highest BCUT2D eigenvalue weighted by atomic mass is 19.2. The molecule has 0 heterocycles. The Morgan fingerprint density at radius 2 is 1.55 bits per heavy atom. The van der Waals surface area contributed by atoms with E-state index in [1.165, 1.54) is 12.1 Å². The van der Waals surface area contributed by atoms with Crippen molar-refractivity contribution in [3.05, 3.63) is 70.3 Å². The Morgan fingerprint density at radius 1 is 0.950 bits per heavy atom. The van der Waals surface area contributed by atoms with Crippen molar-refractivity contribution in [2.24, 2.45) is 0 Å². The van der Waals surface area contributed by atoms with Crippen LogP contribution < -0.4 is 0 Å². The van der Waals surface area contributed by atoms with Gasteiger partial charge in [0.15, 0.2) is 11.6 Å². The first kappa shape index (κ1) is 14.7. The molecule has 20 heavy (non-hydrogen) atoms. The Morgan fingerprint density at radius 3 is 2.20 bits per heavy atom. The van der Waals surface area contributed by atoms with Gasteiger partial charge in [0, 0.05) is 6.42 Å². The lowest BCUT2D eigenvalue weighted by molar-refractivity contribution is 0.173. The zero-order valence-electron chi connectivity index (χ0n) is 11.7. The molecule has 0 radical (unpaired) electrons. The van der Waals surface area contributed by atoms with Gasteiger partial charge < -0.3 is 5.11 Å². The van der Waals surface area contributed by atoms with E-state index in [1.807, 2.05) is 32.0 Å². The Hall–Kier alpha value is -1.74. The van der Waals surface area contributed by atoms with Gasteiger partial charge >= 0.3 is 0 Å². The van der Waals surface area contributed by atoms with Crippen molar-refractivity contribution in [2.75, 3.05) is 0 Å². The van der Waals surface area contributed by atoms with E-state index in [-0.39, 0.29) is 12.0 Å². The third-order valence-electron chi connectivity index (χ3n) is 3.57. The SMILES string of the molecule is Cc1cccc(C)c1CC(O)Cc1cccc(F)c1F. The van der Waals surface area contributed by atoms with Crippen molar-refractivity contribution in [3.63, 3.8) is 0 Å². The molecule has 0 saturated heterocycles. The minimum Gasteiger partial charge on any atom is -0.392 e. The second-order valence-electron chi connectivity index (χ2n) is 5.15. The van der Waals surface area contributed by atoms with Crippen LogP contribution in [0.2, 0.25) is 0 Å². The third kappa shape index (κ3) is 3.23. The van der Waals surface area contributed by atoms with E-state index < -0.39 is 17.7 Å². The molecule has 1 nitrogen and oxygen atoms in total. The number of aliphatic hydroxyl groups excluding tert-OH is 1. The van der Waals surface area contributed by atoms with Crippen molar-refractivity contribution >= 4 is 0 Å². The first-order chi connectivity index (χ1) is 9.49. The topological polar surface area (TPSA) is 20.2 Å². The number of aryl methyl sites for hydroxylation is 2. The molecule has 0 bridgehead atoms. The summed E-state index contributed by atoms with van der Waals surface area (Å²) in [4.78, 5) is 0. The van der Waals surface area contributed by atoms with E-state index >= 15 is 0 Å². The van der Waals surface area contributed by atoms with E-state index in [9.17, 15) is 13.9 Å². The maximum atomic E-state index is 13.6. The lowest BCUT2D eigenvalue weighted by Gasteiger charge is -2.15. The van der Waals surface area contributed by atoms with Crippen LogP contribution in [0.15, 0.2) is 36.4 Å². The Balaban J connectivity index is 2.13. The van der Waals surface area contributed by atoms with Gasteiger partial charge in [-0.3, -0.25) is 0 Å². The van der Waals surface area contributed by atoms with Crippen molar-refractivity contribution in [2.45, 2.75) is 32.8 Å². The summed E-state index contributed by atoms with van der Waals surface area (Å²) in [5.41, 5.74) is 3.48. The van der Waals surface area contributed by atoms with Crippen LogP contribution >= 0.6 is 0 Å². The standard InChI is InChI=1S/C17H18F2O/c1-11-5-3-6-12(2)15(11)10-14(20)9-13-7-4-8-16(18)17(13)19/h3-8,14,20H,9-10H2,1-2H3. The molecule has 2 rings (SSSR count). The minimum atomic E-state index is -0.873. The Labute approximate surface area is 117 Å². The van der Waals surface area contributed by atoms with E-state index in [4.69, 9.17) is 0 Å². The predicted octanol–water partition coefficient (Wildman–Crippen LogP) is 3.73. The van der Waals surface area contributed by atoms with Crippen LogP contribution in [0.4, 0.5) is 8.78 Å². The fourth-order valence-corrected chi connectivity index (χ4v) is 2.44. The van der Waals surface area contributed by atoms with Gasteiger partial charge in [0.2, 0.25) is 0 Å². The van der Waals surface area contributed by atoms with Gasteiger partial charge in [0.25, 0.3) is 0 Å².